The van der Waals surface area contributed by atoms with Crippen molar-refractivity contribution in [2.24, 2.45) is 5.92 Å². The zero-order valence-corrected chi connectivity index (χ0v) is 17.5. The van der Waals surface area contributed by atoms with Gasteiger partial charge in [-0.05, 0) is 41.5 Å². The SMILES string of the molecule is CNC(=O)c1cc(C(=O)NC)cc(-c2ccc(OC(O)C3(O)C(O)C(O)C3CO)cc2)c1. The molecule has 7 N–H and O–H groups in total. The monoisotopic (exact) mass is 446 g/mol. The van der Waals surface area contributed by atoms with Crippen molar-refractivity contribution in [3.8, 4) is 16.9 Å². The van der Waals surface area contributed by atoms with Gasteiger partial charge >= 0.3 is 0 Å². The van der Waals surface area contributed by atoms with Gasteiger partial charge in [0.25, 0.3) is 11.8 Å². The van der Waals surface area contributed by atoms with Crippen LogP contribution in [0.25, 0.3) is 11.1 Å². The lowest BCUT2D eigenvalue weighted by atomic mass is 9.64. The van der Waals surface area contributed by atoms with E-state index in [2.05, 4.69) is 10.6 Å². The molecule has 0 bridgehead atoms. The van der Waals surface area contributed by atoms with Gasteiger partial charge in [0.15, 0.2) is 5.60 Å². The molecule has 1 aliphatic carbocycles. The third-order valence-corrected chi connectivity index (χ3v) is 5.74. The number of rotatable bonds is 7. The Hall–Kier alpha value is -3.02. The summed E-state index contributed by atoms with van der Waals surface area (Å²) in [6.45, 7) is -0.649. The molecule has 10 nitrogen and oxygen atoms in total. The van der Waals surface area contributed by atoms with Crippen LogP contribution in [0.15, 0.2) is 42.5 Å². The minimum absolute atomic E-state index is 0.147. The number of benzene rings is 2. The summed E-state index contributed by atoms with van der Waals surface area (Å²) in [5, 5.41) is 54.5. The van der Waals surface area contributed by atoms with E-state index in [4.69, 9.17) is 4.74 Å². The van der Waals surface area contributed by atoms with E-state index in [1.54, 1.807) is 24.3 Å². The van der Waals surface area contributed by atoms with Gasteiger partial charge in [-0.25, -0.2) is 0 Å². The third-order valence-electron chi connectivity index (χ3n) is 5.74. The molecule has 0 aromatic heterocycles. The summed E-state index contributed by atoms with van der Waals surface area (Å²) in [7, 11) is 2.97. The fourth-order valence-electron chi connectivity index (χ4n) is 3.75. The average Bonchev–Trinajstić information content (AvgIpc) is 2.82. The molecule has 32 heavy (non-hydrogen) atoms. The summed E-state index contributed by atoms with van der Waals surface area (Å²) in [4.78, 5) is 24.2. The molecule has 10 heteroatoms. The molecule has 2 amide bonds. The van der Waals surface area contributed by atoms with E-state index in [-0.39, 0.29) is 17.6 Å². The maximum Gasteiger partial charge on any atom is 0.251 e. The molecule has 0 aliphatic heterocycles. The fraction of sp³-hybridized carbons (Fsp3) is 0.364. The van der Waals surface area contributed by atoms with Crippen LogP contribution >= 0.6 is 0 Å². The number of hydrogen-bond acceptors (Lipinski definition) is 8. The van der Waals surface area contributed by atoms with Gasteiger partial charge in [-0.15, -0.1) is 0 Å². The molecule has 1 saturated carbocycles. The highest BCUT2D eigenvalue weighted by Crippen LogP contribution is 2.42. The van der Waals surface area contributed by atoms with Gasteiger partial charge in [-0.2, -0.15) is 0 Å². The molecule has 0 heterocycles. The van der Waals surface area contributed by atoms with Gasteiger partial charge in [0.1, 0.15) is 11.9 Å². The molecule has 0 saturated heterocycles. The maximum atomic E-state index is 12.1. The van der Waals surface area contributed by atoms with Crippen LogP contribution in [-0.2, 0) is 0 Å². The smallest absolute Gasteiger partial charge is 0.251 e. The van der Waals surface area contributed by atoms with E-state index in [0.717, 1.165) is 0 Å². The molecule has 0 radical (unpaired) electrons. The molecule has 1 aliphatic rings. The quantitative estimate of drug-likeness (QED) is 0.262. The van der Waals surface area contributed by atoms with Crippen LogP contribution in [0.2, 0.25) is 0 Å². The molecule has 0 spiro atoms. The summed E-state index contributed by atoms with van der Waals surface area (Å²) in [5.41, 5.74) is -0.387. The lowest BCUT2D eigenvalue weighted by Gasteiger charge is -2.53. The van der Waals surface area contributed by atoms with Crippen LogP contribution in [0.5, 0.6) is 5.75 Å². The molecule has 1 fully saturated rings. The lowest BCUT2D eigenvalue weighted by Crippen LogP contribution is -2.76. The van der Waals surface area contributed by atoms with Crippen LogP contribution in [0.1, 0.15) is 20.7 Å². The van der Waals surface area contributed by atoms with Crippen molar-refractivity contribution in [3.63, 3.8) is 0 Å². The van der Waals surface area contributed by atoms with Crippen molar-refractivity contribution in [2.75, 3.05) is 20.7 Å². The van der Waals surface area contributed by atoms with Crippen LogP contribution in [0.4, 0.5) is 0 Å². The van der Waals surface area contributed by atoms with Crippen molar-refractivity contribution in [1.82, 2.24) is 10.6 Å². The second-order valence-electron chi connectivity index (χ2n) is 7.56. The Morgan fingerprint density at radius 3 is 2.00 bits per heavy atom. The number of amides is 2. The minimum atomic E-state index is -2.23. The Morgan fingerprint density at radius 1 is 1.00 bits per heavy atom. The second-order valence-corrected chi connectivity index (χ2v) is 7.56. The Morgan fingerprint density at radius 2 is 1.53 bits per heavy atom. The summed E-state index contributed by atoms with van der Waals surface area (Å²) < 4.78 is 5.32. The Labute approximate surface area is 184 Å². The number of carbonyl (C=O) groups is 2. The van der Waals surface area contributed by atoms with Crippen molar-refractivity contribution in [3.05, 3.63) is 53.6 Å². The van der Waals surface area contributed by atoms with Crippen molar-refractivity contribution in [1.29, 1.82) is 0 Å². The highest BCUT2D eigenvalue weighted by atomic mass is 16.6. The summed E-state index contributed by atoms with van der Waals surface area (Å²) >= 11 is 0. The van der Waals surface area contributed by atoms with Gasteiger partial charge in [0, 0.05) is 31.1 Å². The zero-order valence-electron chi connectivity index (χ0n) is 17.5. The molecule has 5 atom stereocenters. The van der Waals surface area contributed by atoms with Gasteiger partial charge in [-0.3, -0.25) is 9.59 Å². The first-order chi connectivity index (χ1) is 15.2. The maximum absolute atomic E-state index is 12.1. The molecular formula is C22H26N2O8. The molecular weight excluding hydrogens is 420 g/mol. The zero-order chi connectivity index (χ0) is 23.6. The predicted octanol–water partition coefficient (Wildman–Crippen LogP) is -1.15. The second kappa shape index (κ2) is 9.23. The minimum Gasteiger partial charge on any atom is -0.462 e. The molecule has 5 unspecified atom stereocenters. The number of aliphatic hydroxyl groups is 5. The van der Waals surface area contributed by atoms with E-state index < -0.39 is 36.6 Å². The largest absolute Gasteiger partial charge is 0.462 e. The Kier molecular flexibility index (Phi) is 6.82. The highest BCUT2D eigenvalue weighted by molar-refractivity contribution is 6.01. The highest BCUT2D eigenvalue weighted by Gasteiger charge is 2.65. The number of aliphatic hydroxyl groups excluding tert-OH is 4. The van der Waals surface area contributed by atoms with Gasteiger partial charge in [0.05, 0.1) is 12.7 Å². The van der Waals surface area contributed by atoms with E-state index in [1.165, 1.54) is 32.3 Å². The molecule has 172 valence electrons. The predicted molar refractivity (Wildman–Crippen MR) is 113 cm³/mol. The molecule has 2 aromatic carbocycles. The number of ether oxygens (including phenoxy) is 1. The standard InChI is InChI=1S/C22H26N2O8/c1-23-19(28)13-7-12(8-14(9-13)20(29)24-2)11-3-5-15(6-4-11)32-21(30)22(31)16(10-25)17(26)18(22)27/h3-9,16-18,21,25-27,30-31H,10H2,1-2H3,(H,23,28)(H,24,29). The van der Waals surface area contributed by atoms with E-state index in [0.29, 0.717) is 22.3 Å². The first kappa shape index (κ1) is 23.6. The van der Waals surface area contributed by atoms with Crippen LogP contribution in [-0.4, -0.2) is 82.1 Å². The Balaban J connectivity index is 1.84. The van der Waals surface area contributed by atoms with Gasteiger partial charge in [0.2, 0.25) is 6.29 Å². The Bertz CT molecular complexity index is 962. The van der Waals surface area contributed by atoms with Crippen LogP contribution in [0.3, 0.4) is 0 Å². The summed E-state index contributed by atoms with van der Waals surface area (Å²) in [6, 6.07) is 10.9. The lowest BCUT2D eigenvalue weighted by molar-refractivity contribution is -0.332. The number of hydrogen-bond donors (Lipinski definition) is 7. The average molecular weight is 446 g/mol. The van der Waals surface area contributed by atoms with Gasteiger partial charge in [-0.1, -0.05) is 12.1 Å². The molecule has 2 aromatic rings. The van der Waals surface area contributed by atoms with E-state index in [9.17, 15) is 35.1 Å². The van der Waals surface area contributed by atoms with E-state index in [1.807, 2.05) is 0 Å². The van der Waals surface area contributed by atoms with Crippen LogP contribution in [0, 0.1) is 5.92 Å². The third kappa shape index (κ3) is 4.06. The van der Waals surface area contributed by atoms with E-state index >= 15 is 0 Å². The summed E-state index contributed by atoms with van der Waals surface area (Å²) in [5.74, 6) is -1.72. The van der Waals surface area contributed by atoms with Gasteiger partial charge < -0.3 is 40.9 Å². The molecule has 3 rings (SSSR count). The number of nitrogens with one attached hydrogen (secondary N) is 2. The van der Waals surface area contributed by atoms with Crippen LogP contribution < -0.4 is 15.4 Å². The first-order valence-corrected chi connectivity index (χ1v) is 9.91. The van der Waals surface area contributed by atoms with Crippen molar-refractivity contribution < 1.29 is 39.9 Å². The topological polar surface area (TPSA) is 169 Å². The number of carbonyl (C=O) groups excluding carboxylic acids is 2. The first-order valence-electron chi connectivity index (χ1n) is 9.91. The normalized spacial score (nSPS) is 25.4. The fourth-order valence-corrected chi connectivity index (χ4v) is 3.75. The van der Waals surface area contributed by atoms with Crippen molar-refractivity contribution in [2.45, 2.75) is 24.1 Å². The van der Waals surface area contributed by atoms with Crippen molar-refractivity contribution >= 4 is 11.8 Å². The summed E-state index contributed by atoms with van der Waals surface area (Å²) in [6.07, 6.45) is -4.96.